The maximum absolute atomic E-state index is 14.0. The summed E-state index contributed by atoms with van der Waals surface area (Å²) in [5, 5.41) is 4.53. The zero-order valence-corrected chi connectivity index (χ0v) is 27.8. The molecule has 5 rings (SSSR count). The monoisotopic (exact) mass is 855 g/mol. The fourth-order valence-corrected chi connectivity index (χ4v) is 4.85. The summed E-state index contributed by atoms with van der Waals surface area (Å²) in [6, 6.07) is 19.8. The van der Waals surface area contributed by atoms with Crippen LogP contribution in [-0.2, 0) is 45.0 Å². The van der Waals surface area contributed by atoms with E-state index in [2.05, 4.69) is 22.2 Å². The smallest absolute Gasteiger partial charge is 0.280 e. The maximum Gasteiger partial charge on any atom is 2.00 e. The SMILES string of the molecule is Cc1cc(C(F)(F)F)c[c-]c1-n1ccc(N(c2ccc(C(C)(C)C)cc2)c2cccc(-c3[c-]cc(C(F)(F)F)cc3C(F)(F)F)n2)n1.[Pt+2]. The van der Waals surface area contributed by atoms with E-state index in [9.17, 15) is 39.5 Å². The first-order chi connectivity index (χ1) is 21.7. The van der Waals surface area contributed by atoms with Gasteiger partial charge in [0.25, 0.3) is 0 Å². The third kappa shape index (κ3) is 7.77. The first-order valence-electron chi connectivity index (χ1n) is 14.0. The van der Waals surface area contributed by atoms with Crippen LogP contribution in [0.5, 0.6) is 0 Å². The Hall–Kier alpha value is -4.12. The topological polar surface area (TPSA) is 34.0 Å². The van der Waals surface area contributed by atoms with Gasteiger partial charge in [0.15, 0.2) is 5.82 Å². The van der Waals surface area contributed by atoms with Crippen LogP contribution in [0.3, 0.4) is 0 Å². The number of rotatable bonds is 5. The zero-order valence-electron chi connectivity index (χ0n) is 25.5. The Bertz CT molecular complexity index is 1900. The molecule has 0 atom stereocenters. The molecule has 2 aromatic heterocycles. The van der Waals surface area contributed by atoms with Crippen LogP contribution in [0.15, 0.2) is 79.0 Å². The minimum Gasteiger partial charge on any atom is -0.280 e. The molecular weight excluding hydrogens is 830 g/mol. The molecule has 4 nitrogen and oxygen atoms in total. The summed E-state index contributed by atoms with van der Waals surface area (Å²) in [5.41, 5.74) is -3.25. The molecule has 0 aliphatic heterocycles. The molecule has 3 aromatic carbocycles. The Balaban J connectivity index is 0.00000520. The van der Waals surface area contributed by atoms with Gasteiger partial charge in [0.05, 0.1) is 0 Å². The van der Waals surface area contributed by atoms with Crippen molar-refractivity contribution >= 4 is 17.3 Å². The van der Waals surface area contributed by atoms with Crippen LogP contribution in [-0.4, -0.2) is 14.8 Å². The van der Waals surface area contributed by atoms with Crippen LogP contribution in [0.1, 0.15) is 48.6 Å². The van der Waals surface area contributed by atoms with Gasteiger partial charge in [-0.3, -0.25) is 14.6 Å². The second-order valence-corrected chi connectivity index (χ2v) is 11.7. The van der Waals surface area contributed by atoms with E-state index >= 15 is 0 Å². The van der Waals surface area contributed by atoms with Crippen molar-refractivity contribution in [2.24, 2.45) is 0 Å². The third-order valence-electron chi connectivity index (χ3n) is 7.26. The van der Waals surface area contributed by atoms with Gasteiger partial charge in [-0.05, 0) is 51.7 Å². The van der Waals surface area contributed by atoms with E-state index in [4.69, 9.17) is 0 Å². The van der Waals surface area contributed by atoms with Crippen LogP contribution >= 0.6 is 0 Å². The fraction of sp³-hybridized carbons (Fsp3) is 0.235. The van der Waals surface area contributed by atoms with Gasteiger partial charge in [0.1, 0.15) is 5.82 Å². The van der Waals surface area contributed by atoms with E-state index in [1.165, 1.54) is 47.0 Å². The molecule has 14 heteroatoms. The van der Waals surface area contributed by atoms with Crippen molar-refractivity contribution in [2.75, 3.05) is 4.90 Å². The zero-order chi connectivity index (χ0) is 34.5. The van der Waals surface area contributed by atoms with E-state index < -0.39 is 40.8 Å². The van der Waals surface area contributed by atoms with Gasteiger partial charge in [-0.2, -0.15) is 62.8 Å². The summed E-state index contributed by atoms with van der Waals surface area (Å²) in [6.45, 7) is 7.49. The predicted molar refractivity (Wildman–Crippen MR) is 158 cm³/mol. The quantitative estimate of drug-likeness (QED) is 0.130. The number of pyridine rings is 1. The molecule has 0 N–H and O–H groups in total. The number of nitrogens with zero attached hydrogens (tertiary/aromatic N) is 4. The van der Waals surface area contributed by atoms with Crippen molar-refractivity contribution in [2.45, 2.75) is 51.6 Å². The molecule has 254 valence electrons. The number of aryl methyl sites for hydroxylation is 1. The van der Waals surface area contributed by atoms with Crippen LogP contribution < -0.4 is 4.90 Å². The number of halogens is 9. The van der Waals surface area contributed by atoms with Gasteiger partial charge < -0.3 is 0 Å². The van der Waals surface area contributed by atoms with Crippen LogP contribution in [0.25, 0.3) is 16.9 Å². The van der Waals surface area contributed by atoms with Crippen molar-refractivity contribution < 1.29 is 60.6 Å². The molecule has 0 unspecified atom stereocenters. The van der Waals surface area contributed by atoms with Crippen LogP contribution in [0.2, 0.25) is 0 Å². The molecule has 0 spiro atoms. The molecule has 5 aromatic rings. The summed E-state index contributed by atoms with van der Waals surface area (Å²) in [5.74, 6) is 0.254. The number of benzene rings is 3. The van der Waals surface area contributed by atoms with Gasteiger partial charge in [0, 0.05) is 18.0 Å². The average Bonchev–Trinajstić information content (AvgIpc) is 3.45. The van der Waals surface area contributed by atoms with Gasteiger partial charge >= 0.3 is 39.6 Å². The molecule has 0 saturated carbocycles. The number of hydrogen-bond donors (Lipinski definition) is 0. The molecule has 0 amide bonds. The first-order valence-corrected chi connectivity index (χ1v) is 14.0. The normalized spacial score (nSPS) is 12.5. The summed E-state index contributed by atoms with van der Waals surface area (Å²) >= 11 is 0. The molecular formula is C34H25F9N4Pt. The largest absolute Gasteiger partial charge is 2.00 e. The van der Waals surface area contributed by atoms with Crippen LogP contribution in [0, 0.1) is 19.1 Å². The third-order valence-corrected chi connectivity index (χ3v) is 7.26. The maximum atomic E-state index is 14.0. The number of anilines is 3. The van der Waals surface area contributed by atoms with E-state index in [1.807, 2.05) is 32.9 Å². The Kier molecular flexibility index (Phi) is 9.99. The van der Waals surface area contributed by atoms with Crippen molar-refractivity contribution in [3.8, 4) is 16.9 Å². The Morgan fingerprint density at radius 1 is 0.688 bits per heavy atom. The van der Waals surface area contributed by atoms with E-state index in [-0.39, 0.29) is 61.1 Å². The Morgan fingerprint density at radius 3 is 1.85 bits per heavy atom. The summed E-state index contributed by atoms with van der Waals surface area (Å²) in [6.07, 6.45) is -13.3. The van der Waals surface area contributed by atoms with E-state index in [1.54, 1.807) is 12.1 Å². The van der Waals surface area contributed by atoms with Gasteiger partial charge in [-0.25, -0.2) is 0 Å². The van der Waals surface area contributed by atoms with Crippen molar-refractivity contribution in [1.82, 2.24) is 14.8 Å². The van der Waals surface area contributed by atoms with E-state index in [0.717, 1.165) is 17.7 Å². The van der Waals surface area contributed by atoms with Gasteiger partial charge in [-0.1, -0.05) is 57.5 Å². The molecule has 0 bridgehead atoms. The molecule has 0 aliphatic rings. The van der Waals surface area contributed by atoms with Crippen molar-refractivity contribution in [3.63, 3.8) is 0 Å². The average molecular weight is 856 g/mol. The second kappa shape index (κ2) is 13.1. The van der Waals surface area contributed by atoms with Crippen molar-refractivity contribution in [1.29, 1.82) is 0 Å². The minimum absolute atomic E-state index is 0. The molecule has 0 radical (unpaired) electrons. The predicted octanol–water partition coefficient (Wildman–Crippen LogP) is 10.7. The molecule has 48 heavy (non-hydrogen) atoms. The summed E-state index contributed by atoms with van der Waals surface area (Å²) < 4.78 is 123. The van der Waals surface area contributed by atoms with Gasteiger partial charge in [-0.15, -0.1) is 29.3 Å². The van der Waals surface area contributed by atoms with Crippen LogP contribution in [0.4, 0.5) is 56.8 Å². The minimum atomic E-state index is -5.15. The van der Waals surface area contributed by atoms with Gasteiger partial charge in [0.2, 0.25) is 0 Å². The standard InChI is InChI=1S/C34H25F9N4.Pt/c1-20-18-22(32(35,36)37)11-15-28(20)46-17-16-30(45-46)47(24-12-8-21(9-13-24)31(2,3)4)29-7-5-6-27(44-29)25-14-10-23(33(38,39)40)19-26(25)34(41,42)43;/h5-13,16-19H,1-4H3;/q-2;+2. The molecule has 0 saturated heterocycles. The molecule has 2 heterocycles. The van der Waals surface area contributed by atoms with Crippen molar-refractivity contribution in [3.05, 3.63) is 119 Å². The molecule has 0 fully saturated rings. The Morgan fingerprint density at radius 2 is 1.29 bits per heavy atom. The number of hydrogen-bond acceptors (Lipinski definition) is 3. The first kappa shape index (κ1) is 36.7. The fourth-order valence-electron chi connectivity index (χ4n) is 4.85. The second-order valence-electron chi connectivity index (χ2n) is 11.7. The molecule has 0 aliphatic carbocycles. The number of alkyl halides is 9. The summed E-state index contributed by atoms with van der Waals surface area (Å²) in [4.78, 5) is 5.91. The number of aromatic nitrogens is 3. The Labute approximate surface area is 284 Å². The summed E-state index contributed by atoms with van der Waals surface area (Å²) in [7, 11) is 0. The van der Waals surface area contributed by atoms with E-state index in [0.29, 0.717) is 11.8 Å².